The summed E-state index contributed by atoms with van der Waals surface area (Å²) in [6.07, 6.45) is 1.73. The molecule has 0 amide bonds. The second-order valence-electron chi connectivity index (χ2n) is 5.64. The van der Waals surface area contributed by atoms with Crippen molar-refractivity contribution in [2.75, 3.05) is 20.2 Å². The van der Waals surface area contributed by atoms with Crippen LogP contribution < -0.4 is 4.74 Å². The number of rotatable bonds is 7. The molecule has 1 aromatic heterocycles. The van der Waals surface area contributed by atoms with Crippen LogP contribution in [0.3, 0.4) is 0 Å². The molecule has 26 heavy (non-hydrogen) atoms. The molecule has 0 radical (unpaired) electrons. The molecular formula is C18H22ClN3O3S. The van der Waals surface area contributed by atoms with Gasteiger partial charge in [-0.2, -0.15) is 4.37 Å². The van der Waals surface area contributed by atoms with Crippen molar-refractivity contribution in [1.82, 2.24) is 9.27 Å². The van der Waals surface area contributed by atoms with Crippen LogP contribution in [0, 0.1) is 13.8 Å². The van der Waals surface area contributed by atoms with E-state index in [-0.39, 0.29) is 6.61 Å². The smallest absolute Gasteiger partial charge is 0.344 e. The first-order valence-corrected chi connectivity index (χ1v) is 9.38. The van der Waals surface area contributed by atoms with Crippen molar-refractivity contribution in [3.8, 4) is 10.8 Å². The Morgan fingerprint density at radius 3 is 2.77 bits per heavy atom. The van der Waals surface area contributed by atoms with Crippen LogP contribution in [-0.4, -0.2) is 41.8 Å². The zero-order valence-corrected chi connectivity index (χ0v) is 17.1. The highest BCUT2D eigenvalue weighted by Gasteiger charge is 2.22. The number of nitrogens with zero attached hydrogens (tertiary/aromatic N) is 3. The monoisotopic (exact) mass is 395 g/mol. The summed E-state index contributed by atoms with van der Waals surface area (Å²) in [6, 6.07) is 3.54. The third-order valence-electron chi connectivity index (χ3n) is 3.65. The lowest BCUT2D eigenvalue weighted by atomic mass is 10.2. The third kappa shape index (κ3) is 4.74. The maximum absolute atomic E-state index is 12.1. The van der Waals surface area contributed by atoms with Gasteiger partial charge in [-0.1, -0.05) is 11.6 Å². The topological polar surface area (TPSA) is 64.0 Å². The molecule has 0 aliphatic heterocycles. The van der Waals surface area contributed by atoms with E-state index in [1.807, 2.05) is 31.9 Å². The van der Waals surface area contributed by atoms with Crippen molar-refractivity contribution < 1.29 is 14.3 Å². The number of carbonyl (C=O) groups is 1. The average Bonchev–Trinajstić information content (AvgIpc) is 2.96. The van der Waals surface area contributed by atoms with Gasteiger partial charge in [0.05, 0.1) is 29.3 Å². The molecule has 8 heteroatoms. The number of benzene rings is 1. The Morgan fingerprint density at radius 2 is 2.12 bits per heavy atom. The molecule has 140 valence electrons. The van der Waals surface area contributed by atoms with Crippen LogP contribution in [0.15, 0.2) is 17.1 Å². The van der Waals surface area contributed by atoms with Gasteiger partial charge in [-0.3, -0.25) is 0 Å². The zero-order chi connectivity index (χ0) is 19.3. The standard InChI is InChI=1S/C18H22ClN3O3S/c1-6-22(5)10-20-14-8-11(3)15(9-13(14)19)25-18-16(12(4)21-26-18)17(23)24-7-2/h8-10H,6-7H2,1-5H3. The Bertz CT molecular complexity index is 820. The van der Waals surface area contributed by atoms with Crippen molar-refractivity contribution in [3.05, 3.63) is 34.0 Å². The number of halogens is 1. The highest BCUT2D eigenvalue weighted by molar-refractivity contribution is 7.08. The van der Waals surface area contributed by atoms with Crippen LogP contribution in [-0.2, 0) is 4.74 Å². The molecule has 0 bridgehead atoms. The maximum Gasteiger partial charge on any atom is 0.344 e. The number of hydrogen-bond donors (Lipinski definition) is 0. The van der Waals surface area contributed by atoms with Gasteiger partial charge in [0.2, 0.25) is 5.06 Å². The van der Waals surface area contributed by atoms with Gasteiger partial charge >= 0.3 is 5.97 Å². The Balaban J connectivity index is 2.30. The molecule has 1 heterocycles. The molecular weight excluding hydrogens is 374 g/mol. The zero-order valence-electron chi connectivity index (χ0n) is 15.5. The molecule has 2 rings (SSSR count). The van der Waals surface area contributed by atoms with Crippen LogP contribution in [0.25, 0.3) is 0 Å². The van der Waals surface area contributed by atoms with E-state index in [1.54, 1.807) is 26.3 Å². The van der Waals surface area contributed by atoms with Gasteiger partial charge in [-0.05, 0) is 39.3 Å². The summed E-state index contributed by atoms with van der Waals surface area (Å²) >= 11 is 7.44. The van der Waals surface area contributed by atoms with Crippen LogP contribution in [0.1, 0.15) is 35.5 Å². The number of aromatic nitrogens is 1. The molecule has 0 aliphatic rings. The van der Waals surface area contributed by atoms with Crippen LogP contribution >= 0.6 is 23.1 Å². The van der Waals surface area contributed by atoms with Crippen molar-refractivity contribution in [3.63, 3.8) is 0 Å². The molecule has 0 unspecified atom stereocenters. The highest BCUT2D eigenvalue weighted by Crippen LogP contribution is 2.38. The Morgan fingerprint density at radius 1 is 1.38 bits per heavy atom. The first kappa shape index (κ1) is 20.2. The van der Waals surface area contributed by atoms with Gasteiger partial charge in [-0.25, -0.2) is 9.79 Å². The fourth-order valence-electron chi connectivity index (χ4n) is 2.05. The summed E-state index contributed by atoms with van der Waals surface area (Å²) in [5.41, 5.74) is 2.43. The van der Waals surface area contributed by atoms with E-state index in [1.165, 1.54) is 0 Å². The van der Waals surface area contributed by atoms with Crippen molar-refractivity contribution in [2.24, 2.45) is 4.99 Å². The van der Waals surface area contributed by atoms with Crippen LogP contribution in [0.4, 0.5) is 5.69 Å². The summed E-state index contributed by atoms with van der Waals surface area (Å²) < 4.78 is 15.2. The number of ether oxygens (including phenoxy) is 2. The molecule has 2 aromatic rings. The SMILES string of the molecule is CCOC(=O)c1c(C)nsc1Oc1cc(Cl)c(N=CN(C)CC)cc1C. The van der Waals surface area contributed by atoms with Crippen LogP contribution in [0.5, 0.6) is 10.8 Å². The Kier molecular flexibility index (Phi) is 6.99. The first-order chi connectivity index (χ1) is 12.4. The molecule has 0 saturated heterocycles. The Labute approximate surface area is 162 Å². The van der Waals surface area contributed by atoms with Crippen molar-refractivity contribution in [2.45, 2.75) is 27.7 Å². The lowest BCUT2D eigenvalue weighted by Crippen LogP contribution is -2.14. The summed E-state index contributed by atoms with van der Waals surface area (Å²) in [5.74, 6) is 0.105. The van der Waals surface area contributed by atoms with Gasteiger partial charge in [0.15, 0.2) is 0 Å². The van der Waals surface area contributed by atoms with E-state index < -0.39 is 5.97 Å². The number of aryl methyl sites for hydroxylation is 2. The molecule has 0 N–H and O–H groups in total. The second kappa shape index (κ2) is 9.00. The molecule has 6 nitrogen and oxygen atoms in total. The molecule has 0 atom stereocenters. The fourth-order valence-corrected chi connectivity index (χ4v) is 3.02. The van der Waals surface area contributed by atoms with Crippen molar-refractivity contribution >= 4 is 41.1 Å². The molecule has 0 saturated carbocycles. The maximum atomic E-state index is 12.1. The van der Waals surface area contributed by atoms with Gasteiger partial charge < -0.3 is 14.4 Å². The summed E-state index contributed by atoms with van der Waals surface area (Å²) in [6.45, 7) is 8.57. The minimum atomic E-state index is -0.443. The van der Waals surface area contributed by atoms with E-state index in [0.29, 0.717) is 32.8 Å². The van der Waals surface area contributed by atoms with E-state index in [4.69, 9.17) is 21.1 Å². The lowest BCUT2D eigenvalue weighted by Gasteiger charge is -2.12. The highest BCUT2D eigenvalue weighted by atomic mass is 35.5. The van der Waals surface area contributed by atoms with E-state index >= 15 is 0 Å². The van der Waals surface area contributed by atoms with Gasteiger partial charge in [-0.15, -0.1) is 0 Å². The van der Waals surface area contributed by atoms with Gasteiger partial charge in [0.1, 0.15) is 11.3 Å². The predicted molar refractivity (Wildman–Crippen MR) is 106 cm³/mol. The predicted octanol–water partition coefficient (Wildman–Crippen LogP) is 4.99. The minimum Gasteiger partial charge on any atom is -0.462 e. The van der Waals surface area contributed by atoms with E-state index in [9.17, 15) is 4.79 Å². The molecule has 0 fully saturated rings. The molecule has 1 aromatic carbocycles. The largest absolute Gasteiger partial charge is 0.462 e. The summed E-state index contributed by atoms with van der Waals surface area (Å²) in [4.78, 5) is 18.5. The quantitative estimate of drug-likeness (QED) is 0.375. The number of hydrogen-bond acceptors (Lipinski definition) is 6. The van der Waals surface area contributed by atoms with Crippen molar-refractivity contribution in [1.29, 1.82) is 0 Å². The molecule has 0 spiro atoms. The number of aliphatic imine (C=N–C) groups is 1. The van der Waals surface area contributed by atoms with Gasteiger partial charge in [0.25, 0.3) is 0 Å². The number of esters is 1. The fraction of sp³-hybridized carbons (Fsp3) is 0.389. The molecule has 0 aliphatic carbocycles. The van der Waals surface area contributed by atoms with Crippen LogP contribution in [0.2, 0.25) is 5.02 Å². The normalized spacial score (nSPS) is 11.0. The second-order valence-corrected chi connectivity index (χ2v) is 6.78. The van der Waals surface area contributed by atoms with Gasteiger partial charge in [0, 0.05) is 31.2 Å². The third-order valence-corrected chi connectivity index (χ3v) is 4.77. The summed E-state index contributed by atoms with van der Waals surface area (Å²) in [7, 11) is 1.94. The Hall–Kier alpha value is -2.12. The average molecular weight is 396 g/mol. The first-order valence-electron chi connectivity index (χ1n) is 8.23. The lowest BCUT2D eigenvalue weighted by molar-refractivity contribution is 0.0523. The van der Waals surface area contributed by atoms with E-state index in [2.05, 4.69) is 9.37 Å². The van der Waals surface area contributed by atoms with E-state index in [0.717, 1.165) is 23.6 Å². The number of carbonyl (C=O) groups excluding carboxylic acids is 1. The summed E-state index contributed by atoms with van der Waals surface area (Å²) in [5, 5.41) is 0.854. The minimum absolute atomic E-state index is 0.289.